The van der Waals surface area contributed by atoms with E-state index >= 15 is 0 Å². The van der Waals surface area contributed by atoms with E-state index in [1.165, 1.54) is 23.4 Å². The average molecular weight is 741 g/mol. The summed E-state index contributed by atoms with van der Waals surface area (Å²) in [5, 5.41) is 11.6. The van der Waals surface area contributed by atoms with Gasteiger partial charge in [-0.2, -0.15) is 10.2 Å². The molecule has 0 saturated carbocycles. The molecule has 2 N–H and O–H groups in total. The number of H-pyrrole nitrogens is 1. The van der Waals surface area contributed by atoms with Gasteiger partial charge in [0.05, 0.1) is 50.9 Å². The standard InChI is InChI=1S/C25H30N10O9P2S2/c1-14(2)22(36)32-25-31-21-19(23(37)33-25)29-13-35(21)24-17-8-15(43-24)10-42-46(48,39-6-3-4-26)40-7-5-34-18(11-41-45(38,47)44-17)30-16-9-27-12-28-20(16)34/h9,12-15,17,24H,3,5-8,10-11H2,1-2H3,(H,38,47)(H2,31,32,33,36,37)/t15-,17-,24-,45?,46?/m1/s1. The van der Waals surface area contributed by atoms with Gasteiger partial charge in [-0.05, 0) is 11.8 Å². The van der Waals surface area contributed by atoms with Crippen molar-refractivity contribution in [3.63, 3.8) is 0 Å². The minimum absolute atomic E-state index is 0.00895. The molecule has 6 rings (SSSR count). The zero-order valence-electron chi connectivity index (χ0n) is 25.5. The van der Waals surface area contributed by atoms with Crippen molar-refractivity contribution < 1.29 is 36.7 Å². The molecule has 48 heavy (non-hydrogen) atoms. The maximum Gasteiger partial charge on any atom is 0.386 e. The van der Waals surface area contributed by atoms with Crippen LogP contribution in [-0.4, -0.2) is 77.0 Å². The maximum absolute atomic E-state index is 13.7. The number of anilines is 1. The fourth-order valence-electron chi connectivity index (χ4n) is 4.94. The monoisotopic (exact) mass is 740 g/mol. The lowest BCUT2D eigenvalue weighted by Crippen LogP contribution is -2.24. The van der Waals surface area contributed by atoms with Crippen LogP contribution in [0.3, 0.4) is 0 Å². The molecule has 23 heteroatoms. The molecule has 1 fully saturated rings. The summed E-state index contributed by atoms with van der Waals surface area (Å²) in [5.74, 6) is -0.510. The summed E-state index contributed by atoms with van der Waals surface area (Å²) >= 11 is 9.93. The number of fused-ring (bicyclic) bond motifs is 6. The topological polar surface area (TPSA) is 233 Å². The number of ether oxygens (including phenoxy) is 1. The van der Waals surface area contributed by atoms with E-state index in [9.17, 15) is 14.2 Å². The molecule has 0 aliphatic carbocycles. The fourth-order valence-corrected chi connectivity index (χ4v) is 8.17. The number of nitriles is 1. The molecule has 19 nitrogen and oxygen atoms in total. The number of aromatic nitrogens is 8. The molecular formula is C25H30N10O9P2S2. The number of hydrogen-bond acceptors (Lipinski definition) is 16. The highest BCUT2D eigenvalue weighted by molar-refractivity contribution is 8.44. The van der Waals surface area contributed by atoms with Crippen molar-refractivity contribution in [2.45, 2.75) is 58.3 Å². The minimum Gasteiger partial charge on any atom is -0.349 e. The van der Waals surface area contributed by atoms with E-state index in [0.29, 0.717) is 17.0 Å². The predicted molar refractivity (Wildman–Crippen MR) is 174 cm³/mol. The summed E-state index contributed by atoms with van der Waals surface area (Å²) < 4.78 is 52.5. The van der Waals surface area contributed by atoms with Crippen LogP contribution in [0.4, 0.5) is 5.95 Å². The summed E-state index contributed by atoms with van der Waals surface area (Å²) in [6.07, 6.45) is 1.56. The van der Waals surface area contributed by atoms with Crippen LogP contribution in [0.5, 0.6) is 0 Å². The fraction of sp³-hybridized carbons (Fsp3) is 0.520. The number of carbonyl (C=O) groups is 1. The molecule has 2 bridgehead atoms. The summed E-state index contributed by atoms with van der Waals surface area (Å²) in [4.78, 5) is 49.1. The van der Waals surface area contributed by atoms with E-state index in [0.717, 1.165) is 0 Å². The van der Waals surface area contributed by atoms with Gasteiger partial charge in [0.15, 0.2) is 23.0 Å². The minimum atomic E-state index is -4.11. The van der Waals surface area contributed by atoms with Crippen LogP contribution in [0.1, 0.15) is 38.7 Å². The van der Waals surface area contributed by atoms with E-state index in [1.54, 1.807) is 18.4 Å². The van der Waals surface area contributed by atoms with Crippen molar-refractivity contribution >= 4 is 71.8 Å². The highest BCUT2D eigenvalue weighted by Gasteiger charge is 2.43. The van der Waals surface area contributed by atoms with Crippen LogP contribution in [0.2, 0.25) is 0 Å². The number of amides is 1. The largest absolute Gasteiger partial charge is 0.386 e. The molecule has 4 aromatic rings. The molecule has 0 aromatic carbocycles. The molecule has 5 atom stereocenters. The van der Waals surface area contributed by atoms with Gasteiger partial charge in [-0.25, -0.2) is 24.5 Å². The van der Waals surface area contributed by atoms with Gasteiger partial charge in [-0.15, -0.1) is 0 Å². The van der Waals surface area contributed by atoms with E-state index in [1.807, 2.05) is 6.07 Å². The lowest BCUT2D eigenvalue weighted by Gasteiger charge is -2.24. The summed E-state index contributed by atoms with van der Waals surface area (Å²) in [6.45, 7) is -4.39. The second-order valence-electron chi connectivity index (χ2n) is 10.9. The number of imidazole rings is 2. The van der Waals surface area contributed by atoms with E-state index in [2.05, 4.69) is 47.5 Å². The molecule has 2 aliphatic heterocycles. The third-order valence-corrected chi connectivity index (χ3v) is 11.2. The SMILES string of the molecule is CC(C)C(=O)Nc1nc2c(ncn2[C@@H]2O[C@H]3COP(=S)(OCCC#N)OCCn4c(nc5cncnc54)COP(=O)(S)O[C@@H]2C3)c(=O)[nH]1. The Hall–Kier alpha value is -3.15. The first-order valence-electron chi connectivity index (χ1n) is 14.6. The van der Waals surface area contributed by atoms with Gasteiger partial charge >= 0.3 is 13.5 Å². The van der Waals surface area contributed by atoms with Crippen LogP contribution in [0.25, 0.3) is 22.3 Å². The molecule has 2 aliphatic rings. The lowest BCUT2D eigenvalue weighted by molar-refractivity contribution is -0.118. The highest BCUT2D eigenvalue weighted by Crippen LogP contribution is 2.57. The second kappa shape index (κ2) is 14.4. The van der Waals surface area contributed by atoms with E-state index < -0.39 is 37.5 Å². The van der Waals surface area contributed by atoms with Gasteiger partial charge in [-0.1, -0.05) is 26.1 Å². The van der Waals surface area contributed by atoms with Crippen molar-refractivity contribution in [1.82, 2.24) is 39.0 Å². The molecule has 4 aromatic heterocycles. The van der Waals surface area contributed by atoms with Gasteiger partial charge in [0.1, 0.15) is 30.4 Å². The number of thiol groups is 1. The third-order valence-electron chi connectivity index (χ3n) is 7.18. The summed E-state index contributed by atoms with van der Waals surface area (Å²) in [5.41, 5.74) is 0.343. The van der Waals surface area contributed by atoms with E-state index in [4.69, 9.17) is 44.4 Å². The zero-order valence-corrected chi connectivity index (χ0v) is 29.0. The number of hydrogen-bond donors (Lipinski definition) is 3. The van der Waals surface area contributed by atoms with Crippen molar-refractivity contribution in [2.75, 3.05) is 25.1 Å². The number of nitrogens with zero attached hydrogens (tertiary/aromatic N) is 8. The second-order valence-corrected chi connectivity index (χ2v) is 16.8. The third kappa shape index (κ3) is 7.68. The molecule has 1 amide bonds. The molecule has 1 saturated heterocycles. The molecule has 6 heterocycles. The Balaban J connectivity index is 1.35. The van der Waals surface area contributed by atoms with Crippen molar-refractivity contribution in [1.29, 1.82) is 5.26 Å². The first-order chi connectivity index (χ1) is 22.9. The smallest absolute Gasteiger partial charge is 0.349 e. The summed E-state index contributed by atoms with van der Waals surface area (Å²) in [6, 6.07) is 2.00. The lowest BCUT2D eigenvalue weighted by atomic mass is 10.2. The van der Waals surface area contributed by atoms with E-state index in [-0.39, 0.29) is 74.8 Å². The molecule has 2 unspecified atom stereocenters. The van der Waals surface area contributed by atoms with Crippen molar-refractivity contribution in [3.05, 3.63) is 35.0 Å². The van der Waals surface area contributed by atoms with Crippen molar-refractivity contribution in [2.24, 2.45) is 5.92 Å². The molecule has 256 valence electrons. The highest BCUT2D eigenvalue weighted by atomic mass is 32.7. The first-order valence-corrected chi connectivity index (χ1v) is 19.8. The van der Waals surface area contributed by atoms with Crippen molar-refractivity contribution in [3.8, 4) is 6.07 Å². The van der Waals surface area contributed by atoms with Gasteiger partial charge in [0.25, 0.3) is 5.56 Å². The quantitative estimate of drug-likeness (QED) is 0.146. The van der Waals surface area contributed by atoms with Crippen LogP contribution >= 0.6 is 25.8 Å². The van der Waals surface area contributed by atoms with Crippen LogP contribution in [0, 0.1) is 17.2 Å². The number of aromatic amines is 1. The van der Waals surface area contributed by atoms with Gasteiger partial charge in [0, 0.05) is 18.9 Å². The van der Waals surface area contributed by atoms with Gasteiger partial charge < -0.3 is 22.9 Å². The Kier molecular flexibility index (Phi) is 10.4. The predicted octanol–water partition coefficient (Wildman–Crippen LogP) is 2.98. The Morgan fingerprint density at radius 3 is 2.92 bits per heavy atom. The Labute approximate surface area is 282 Å². The molecule has 0 radical (unpaired) electrons. The summed E-state index contributed by atoms with van der Waals surface area (Å²) in [7, 11) is 0. The Morgan fingerprint density at radius 1 is 1.29 bits per heavy atom. The maximum atomic E-state index is 13.7. The average Bonchev–Trinajstić information content (AvgIpc) is 3.74. The number of rotatable bonds is 6. The zero-order chi connectivity index (χ0) is 34.1. The normalized spacial score (nSPS) is 26.9. The molecular weight excluding hydrogens is 710 g/mol. The molecule has 0 spiro atoms. The number of carbonyl (C=O) groups excluding carboxylic acids is 1. The van der Waals surface area contributed by atoms with Gasteiger partial charge in [0.2, 0.25) is 11.9 Å². The van der Waals surface area contributed by atoms with Crippen LogP contribution in [-0.2, 0) is 61.7 Å². The van der Waals surface area contributed by atoms with Crippen LogP contribution in [0.15, 0.2) is 23.6 Å². The Bertz CT molecular complexity index is 2030. The van der Waals surface area contributed by atoms with Crippen LogP contribution < -0.4 is 10.9 Å². The Morgan fingerprint density at radius 2 is 2.12 bits per heavy atom. The van der Waals surface area contributed by atoms with Gasteiger partial charge in [-0.3, -0.25) is 33.5 Å². The number of nitrogens with one attached hydrogen (secondary N) is 2. The first kappa shape index (κ1) is 34.7.